The normalized spacial score (nSPS) is 10.7. The fraction of sp³-hybridized carbons (Fsp3) is 0.0417. The Balaban J connectivity index is 1.85. The predicted molar refractivity (Wildman–Crippen MR) is 113 cm³/mol. The average Bonchev–Trinajstić information content (AvgIpc) is 2.73. The van der Waals surface area contributed by atoms with Gasteiger partial charge in [-0.1, -0.05) is 60.7 Å². The van der Waals surface area contributed by atoms with Crippen molar-refractivity contribution in [3.63, 3.8) is 0 Å². The molecule has 0 unspecified atom stereocenters. The van der Waals surface area contributed by atoms with Crippen molar-refractivity contribution in [2.45, 2.75) is 6.92 Å². The predicted octanol–water partition coefficient (Wildman–Crippen LogP) is 5.01. The van der Waals surface area contributed by atoms with E-state index in [0.29, 0.717) is 11.1 Å². The maximum atomic E-state index is 12.4. The molecule has 0 saturated heterocycles. The zero-order valence-electron chi connectivity index (χ0n) is 15.8. The molecule has 0 fully saturated rings. The molecule has 3 aromatic carbocycles. The highest BCUT2D eigenvalue weighted by Crippen LogP contribution is 2.21. The molecule has 0 aromatic heterocycles. The van der Waals surface area contributed by atoms with Gasteiger partial charge in [0.05, 0.1) is 11.3 Å². The summed E-state index contributed by atoms with van der Waals surface area (Å²) in [5, 5.41) is 12.1. The van der Waals surface area contributed by atoms with E-state index in [4.69, 9.17) is 0 Å². The third-order valence-electron chi connectivity index (χ3n) is 4.34. The molecule has 5 heteroatoms. The molecule has 0 spiro atoms. The van der Waals surface area contributed by atoms with Crippen LogP contribution in [0.3, 0.4) is 0 Å². The van der Waals surface area contributed by atoms with Crippen LogP contribution in [0.1, 0.15) is 49.1 Å². The molecule has 2 N–H and O–H groups in total. The number of carboxylic acids is 1. The molecular weight excluding hydrogens is 366 g/mol. The fourth-order valence-corrected chi connectivity index (χ4v) is 2.76. The molecule has 0 bridgehead atoms. The molecular formula is C24H19NO4. The van der Waals surface area contributed by atoms with Gasteiger partial charge in [0, 0.05) is 11.1 Å². The van der Waals surface area contributed by atoms with E-state index >= 15 is 0 Å². The van der Waals surface area contributed by atoms with Gasteiger partial charge in [-0.2, -0.15) is 0 Å². The molecule has 0 aliphatic heterocycles. The van der Waals surface area contributed by atoms with Crippen LogP contribution >= 0.6 is 0 Å². The number of nitrogens with one attached hydrogen (secondary N) is 1. The maximum absolute atomic E-state index is 12.4. The number of hydrogen-bond donors (Lipinski definition) is 2. The molecule has 3 aromatic rings. The number of hydrogen-bond acceptors (Lipinski definition) is 3. The van der Waals surface area contributed by atoms with E-state index in [-0.39, 0.29) is 22.9 Å². The number of aromatic carboxylic acids is 1. The highest BCUT2D eigenvalue weighted by Gasteiger charge is 2.14. The van der Waals surface area contributed by atoms with Crippen LogP contribution in [0.2, 0.25) is 0 Å². The number of amides is 1. The lowest BCUT2D eigenvalue weighted by Crippen LogP contribution is -2.14. The Hall–Kier alpha value is -3.99. The highest BCUT2D eigenvalue weighted by atomic mass is 16.4. The van der Waals surface area contributed by atoms with Gasteiger partial charge >= 0.3 is 5.97 Å². The van der Waals surface area contributed by atoms with Crippen LogP contribution in [0.5, 0.6) is 0 Å². The van der Waals surface area contributed by atoms with E-state index in [1.165, 1.54) is 13.0 Å². The molecule has 0 heterocycles. The molecule has 0 aliphatic rings. The molecule has 0 atom stereocenters. The van der Waals surface area contributed by atoms with Crippen LogP contribution in [-0.4, -0.2) is 22.8 Å². The Morgan fingerprint density at radius 3 is 2.03 bits per heavy atom. The minimum absolute atomic E-state index is 0.00332. The first-order valence-electron chi connectivity index (χ1n) is 8.97. The van der Waals surface area contributed by atoms with Crippen LogP contribution in [0.25, 0.3) is 12.2 Å². The van der Waals surface area contributed by atoms with E-state index in [0.717, 1.165) is 11.1 Å². The number of carbonyl (C=O) groups is 3. The molecule has 144 valence electrons. The van der Waals surface area contributed by atoms with Crippen LogP contribution < -0.4 is 5.32 Å². The van der Waals surface area contributed by atoms with Gasteiger partial charge in [-0.15, -0.1) is 0 Å². The monoisotopic (exact) mass is 385 g/mol. The first-order valence-corrected chi connectivity index (χ1v) is 8.97. The van der Waals surface area contributed by atoms with Crippen molar-refractivity contribution in [1.82, 2.24) is 0 Å². The number of anilines is 1. The lowest BCUT2D eigenvalue weighted by Gasteiger charge is -2.10. The summed E-state index contributed by atoms with van der Waals surface area (Å²) >= 11 is 0. The summed E-state index contributed by atoms with van der Waals surface area (Å²) in [7, 11) is 0. The summed E-state index contributed by atoms with van der Waals surface area (Å²) in [6, 6.07) is 20.5. The Kier molecular flexibility index (Phi) is 6.00. The van der Waals surface area contributed by atoms with Crippen molar-refractivity contribution >= 4 is 35.5 Å². The highest BCUT2D eigenvalue weighted by molar-refractivity contribution is 6.08. The zero-order chi connectivity index (χ0) is 20.8. The number of rotatable bonds is 6. The van der Waals surface area contributed by atoms with Gasteiger partial charge in [-0.25, -0.2) is 4.79 Å². The Morgan fingerprint density at radius 2 is 1.41 bits per heavy atom. The molecule has 0 radical (unpaired) electrons. The van der Waals surface area contributed by atoms with Crippen LogP contribution in [0.4, 0.5) is 5.69 Å². The maximum Gasteiger partial charge on any atom is 0.337 e. The summed E-state index contributed by atoms with van der Waals surface area (Å²) in [4.78, 5) is 35.3. The Bertz CT molecular complexity index is 1080. The average molecular weight is 385 g/mol. The second kappa shape index (κ2) is 8.80. The minimum Gasteiger partial charge on any atom is -0.478 e. The number of carbonyl (C=O) groups excluding carboxylic acids is 2. The van der Waals surface area contributed by atoms with E-state index in [1.54, 1.807) is 54.6 Å². The summed E-state index contributed by atoms with van der Waals surface area (Å²) in [6.07, 6.45) is 3.66. The number of carboxylic acid groups (broad SMARTS) is 1. The van der Waals surface area contributed by atoms with Gasteiger partial charge in [-0.3, -0.25) is 9.59 Å². The van der Waals surface area contributed by atoms with E-state index in [2.05, 4.69) is 5.32 Å². The van der Waals surface area contributed by atoms with Crippen molar-refractivity contribution < 1.29 is 19.5 Å². The Labute approximate surface area is 168 Å². The minimum atomic E-state index is -1.12. The molecule has 1 amide bonds. The summed E-state index contributed by atoms with van der Waals surface area (Å²) < 4.78 is 0. The first-order chi connectivity index (χ1) is 13.9. The fourth-order valence-electron chi connectivity index (χ4n) is 2.76. The van der Waals surface area contributed by atoms with Crippen molar-refractivity contribution in [1.29, 1.82) is 0 Å². The van der Waals surface area contributed by atoms with E-state index in [9.17, 15) is 19.5 Å². The standard InChI is InChI=1S/C24H19NO4/c1-16(26)19-12-9-17(10-13-19)7-8-18-11-14-21(24(28)29)22(15-18)25-23(27)20-5-3-2-4-6-20/h2-15H,1H3,(H,25,27)(H,28,29). The lowest BCUT2D eigenvalue weighted by atomic mass is 10.1. The third kappa shape index (κ3) is 5.05. The Morgan fingerprint density at radius 1 is 0.793 bits per heavy atom. The van der Waals surface area contributed by atoms with Gasteiger partial charge in [0.15, 0.2) is 5.78 Å². The number of Topliss-reactive ketones (excluding diaryl/α,β-unsaturated/α-hetero) is 1. The smallest absolute Gasteiger partial charge is 0.337 e. The van der Waals surface area contributed by atoms with E-state index < -0.39 is 5.97 Å². The molecule has 0 saturated carbocycles. The lowest BCUT2D eigenvalue weighted by molar-refractivity contribution is 0.0697. The zero-order valence-corrected chi connectivity index (χ0v) is 15.8. The van der Waals surface area contributed by atoms with Gasteiger partial charge < -0.3 is 10.4 Å². The third-order valence-corrected chi connectivity index (χ3v) is 4.34. The summed E-state index contributed by atoms with van der Waals surface area (Å²) in [5.41, 5.74) is 2.94. The van der Waals surface area contributed by atoms with Crippen molar-refractivity contribution in [3.05, 3.63) is 101 Å². The molecule has 0 aliphatic carbocycles. The van der Waals surface area contributed by atoms with Crippen molar-refractivity contribution in [3.8, 4) is 0 Å². The van der Waals surface area contributed by atoms with Crippen LogP contribution in [-0.2, 0) is 0 Å². The van der Waals surface area contributed by atoms with Crippen molar-refractivity contribution in [2.75, 3.05) is 5.32 Å². The van der Waals surface area contributed by atoms with E-state index in [1.807, 2.05) is 24.3 Å². The SMILES string of the molecule is CC(=O)c1ccc(C=Cc2ccc(C(=O)O)c(NC(=O)c3ccccc3)c2)cc1. The number of ketones is 1. The van der Waals surface area contributed by atoms with Gasteiger partial charge in [-0.05, 0) is 42.3 Å². The summed E-state index contributed by atoms with van der Waals surface area (Å²) in [6.45, 7) is 1.51. The quantitative estimate of drug-likeness (QED) is 0.461. The second-order valence-corrected chi connectivity index (χ2v) is 6.44. The summed E-state index contributed by atoms with van der Waals surface area (Å²) in [5.74, 6) is -1.50. The van der Waals surface area contributed by atoms with Crippen LogP contribution in [0, 0.1) is 0 Å². The molecule has 3 rings (SSSR count). The molecule has 5 nitrogen and oxygen atoms in total. The number of benzene rings is 3. The largest absolute Gasteiger partial charge is 0.478 e. The molecule has 29 heavy (non-hydrogen) atoms. The first kappa shape index (κ1) is 19.8. The van der Waals surface area contributed by atoms with Crippen molar-refractivity contribution in [2.24, 2.45) is 0 Å². The topological polar surface area (TPSA) is 83.5 Å². The van der Waals surface area contributed by atoms with Gasteiger partial charge in [0.1, 0.15) is 0 Å². The van der Waals surface area contributed by atoms with Gasteiger partial charge in [0.2, 0.25) is 0 Å². The second-order valence-electron chi connectivity index (χ2n) is 6.44. The van der Waals surface area contributed by atoms with Gasteiger partial charge in [0.25, 0.3) is 5.91 Å². The van der Waals surface area contributed by atoms with Crippen LogP contribution in [0.15, 0.2) is 72.8 Å².